The van der Waals surface area contributed by atoms with Gasteiger partial charge in [-0.1, -0.05) is 18.2 Å². The van der Waals surface area contributed by atoms with Crippen LogP contribution in [0.3, 0.4) is 0 Å². The fourth-order valence-electron chi connectivity index (χ4n) is 3.93. The van der Waals surface area contributed by atoms with Crippen LogP contribution in [0.2, 0.25) is 0 Å². The summed E-state index contributed by atoms with van der Waals surface area (Å²) in [4.78, 5) is 15.1. The molecule has 0 saturated carbocycles. The number of piperidine rings is 1. The Morgan fingerprint density at radius 2 is 1.61 bits per heavy atom. The maximum absolute atomic E-state index is 12.9. The number of anilines is 1. The average molecular weight is 455 g/mol. The molecule has 0 atom stereocenters. The Balaban J connectivity index is 1.83. The van der Waals surface area contributed by atoms with Crippen LogP contribution in [0.15, 0.2) is 30.3 Å². The lowest BCUT2D eigenvalue weighted by atomic mass is 9.96. The third-order valence-electron chi connectivity index (χ3n) is 5.81. The highest BCUT2D eigenvalue weighted by Gasteiger charge is 2.24. The van der Waals surface area contributed by atoms with Gasteiger partial charge < -0.3 is 29.2 Å². The molecule has 1 aliphatic heterocycles. The van der Waals surface area contributed by atoms with Crippen LogP contribution in [0.25, 0.3) is 12.2 Å². The lowest BCUT2D eigenvalue weighted by Gasteiger charge is -2.28. The van der Waals surface area contributed by atoms with E-state index >= 15 is 0 Å². The molecule has 1 fully saturated rings. The first-order chi connectivity index (χ1) is 16.0. The van der Waals surface area contributed by atoms with Crippen LogP contribution in [0.4, 0.5) is 5.69 Å². The maximum atomic E-state index is 12.9. The van der Waals surface area contributed by atoms with Crippen molar-refractivity contribution < 1.29 is 23.7 Å². The maximum Gasteiger partial charge on any atom is 0.227 e. The topological polar surface area (TPSA) is 69.3 Å². The fourth-order valence-corrected chi connectivity index (χ4v) is 3.93. The average Bonchev–Trinajstić information content (AvgIpc) is 2.83. The van der Waals surface area contributed by atoms with E-state index in [9.17, 15) is 4.79 Å². The molecule has 0 radical (unpaired) electrons. The number of amides is 1. The summed E-state index contributed by atoms with van der Waals surface area (Å²) < 4.78 is 22.0. The van der Waals surface area contributed by atoms with Gasteiger partial charge in [0.15, 0.2) is 11.5 Å². The molecule has 7 heteroatoms. The van der Waals surface area contributed by atoms with E-state index in [-0.39, 0.29) is 11.8 Å². The molecule has 1 N–H and O–H groups in total. The minimum atomic E-state index is 0.0223. The number of likely N-dealkylation sites (tertiary alicyclic amines) is 1. The predicted octanol–water partition coefficient (Wildman–Crippen LogP) is 4.56. The second-order valence-electron chi connectivity index (χ2n) is 8.05. The van der Waals surface area contributed by atoms with Gasteiger partial charge in [0.25, 0.3) is 0 Å². The number of benzene rings is 2. The van der Waals surface area contributed by atoms with Crippen LogP contribution in [0.1, 0.15) is 30.9 Å². The largest absolute Gasteiger partial charge is 0.493 e. The minimum absolute atomic E-state index is 0.0223. The first-order valence-corrected chi connectivity index (χ1v) is 11.2. The van der Waals surface area contributed by atoms with Crippen LogP contribution in [0.5, 0.6) is 23.0 Å². The second kappa shape index (κ2) is 11.6. The number of rotatable bonds is 9. The van der Waals surface area contributed by atoms with Gasteiger partial charge in [0.2, 0.25) is 11.7 Å². The zero-order valence-electron chi connectivity index (χ0n) is 20.1. The highest BCUT2D eigenvalue weighted by atomic mass is 16.5. The van der Waals surface area contributed by atoms with Crippen molar-refractivity contribution in [2.75, 3.05) is 53.4 Å². The van der Waals surface area contributed by atoms with Gasteiger partial charge in [-0.25, -0.2) is 0 Å². The van der Waals surface area contributed by atoms with Gasteiger partial charge in [-0.05, 0) is 75.3 Å². The Labute approximate surface area is 196 Å². The quantitative estimate of drug-likeness (QED) is 0.560. The number of nitrogens with one attached hydrogen (secondary N) is 1. The summed E-state index contributed by atoms with van der Waals surface area (Å²) >= 11 is 0. The van der Waals surface area contributed by atoms with Crippen LogP contribution >= 0.6 is 0 Å². The van der Waals surface area contributed by atoms with Gasteiger partial charge in [-0.15, -0.1) is 0 Å². The third kappa shape index (κ3) is 6.20. The Morgan fingerprint density at radius 1 is 0.970 bits per heavy atom. The van der Waals surface area contributed by atoms with Crippen molar-refractivity contribution in [3.8, 4) is 23.0 Å². The number of nitrogens with zero attached hydrogens (tertiary/aromatic N) is 1. The van der Waals surface area contributed by atoms with Crippen molar-refractivity contribution in [2.24, 2.45) is 5.92 Å². The van der Waals surface area contributed by atoms with Gasteiger partial charge in [0, 0.05) is 5.92 Å². The summed E-state index contributed by atoms with van der Waals surface area (Å²) in [5.41, 5.74) is 2.52. The van der Waals surface area contributed by atoms with Crippen molar-refractivity contribution in [1.29, 1.82) is 0 Å². The molecular weight excluding hydrogens is 420 g/mol. The standard InChI is InChI=1S/C26H34N2O5/c1-6-33-22-10-9-18(15-21(22)27-26(29)20-11-13-28(2)14-12-20)7-8-19-16-23(30-3)25(32-5)24(17-19)31-4/h7-10,15-17,20H,6,11-14H2,1-5H3,(H,27,29). The monoisotopic (exact) mass is 454 g/mol. The van der Waals surface area contributed by atoms with E-state index in [0.717, 1.165) is 37.1 Å². The summed E-state index contributed by atoms with van der Waals surface area (Å²) in [6.45, 7) is 4.33. The van der Waals surface area contributed by atoms with E-state index in [4.69, 9.17) is 18.9 Å². The molecule has 1 aliphatic rings. The number of carbonyl (C=O) groups excluding carboxylic acids is 1. The molecule has 33 heavy (non-hydrogen) atoms. The Bertz CT molecular complexity index is 956. The van der Waals surface area contributed by atoms with E-state index in [2.05, 4.69) is 17.3 Å². The second-order valence-corrected chi connectivity index (χ2v) is 8.05. The van der Waals surface area contributed by atoms with Crippen LogP contribution < -0.4 is 24.3 Å². The molecule has 0 unspecified atom stereocenters. The molecule has 7 nitrogen and oxygen atoms in total. The molecule has 1 amide bonds. The Morgan fingerprint density at radius 3 is 2.18 bits per heavy atom. The number of methoxy groups -OCH3 is 3. The van der Waals surface area contributed by atoms with Crippen molar-refractivity contribution in [3.63, 3.8) is 0 Å². The van der Waals surface area contributed by atoms with Crippen LogP contribution in [-0.4, -0.2) is 58.9 Å². The highest BCUT2D eigenvalue weighted by molar-refractivity contribution is 5.94. The zero-order valence-corrected chi connectivity index (χ0v) is 20.1. The molecule has 1 heterocycles. The Kier molecular flexibility index (Phi) is 8.60. The lowest BCUT2D eigenvalue weighted by Crippen LogP contribution is -2.36. The van der Waals surface area contributed by atoms with E-state index in [1.165, 1.54) is 0 Å². The molecule has 178 valence electrons. The zero-order chi connectivity index (χ0) is 23.8. The van der Waals surface area contributed by atoms with Crippen molar-refractivity contribution >= 4 is 23.7 Å². The summed E-state index contributed by atoms with van der Waals surface area (Å²) in [6.07, 6.45) is 5.67. The summed E-state index contributed by atoms with van der Waals surface area (Å²) in [7, 11) is 6.86. The SMILES string of the molecule is CCOc1ccc(C=Cc2cc(OC)c(OC)c(OC)c2)cc1NC(=O)C1CCN(C)CC1. The Hall–Kier alpha value is -3.19. The van der Waals surface area contributed by atoms with E-state index in [1.54, 1.807) is 21.3 Å². The number of ether oxygens (including phenoxy) is 4. The van der Waals surface area contributed by atoms with Gasteiger partial charge in [0.05, 0.1) is 33.6 Å². The normalized spacial score (nSPS) is 14.8. The number of hydrogen-bond acceptors (Lipinski definition) is 6. The minimum Gasteiger partial charge on any atom is -0.493 e. The summed E-state index contributed by atoms with van der Waals surface area (Å²) in [5.74, 6) is 2.48. The van der Waals surface area contributed by atoms with Crippen LogP contribution in [-0.2, 0) is 4.79 Å². The third-order valence-corrected chi connectivity index (χ3v) is 5.81. The number of carbonyl (C=O) groups is 1. The van der Waals surface area contributed by atoms with Gasteiger partial charge in [-0.3, -0.25) is 4.79 Å². The number of hydrogen-bond donors (Lipinski definition) is 1. The lowest BCUT2D eigenvalue weighted by molar-refractivity contribution is -0.121. The van der Waals surface area contributed by atoms with Crippen LogP contribution in [0, 0.1) is 5.92 Å². The molecule has 3 rings (SSSR count). The highest BCUT2D eigenvalue weighted by Crippen LogP contribution is 2.38. The van der Waals surface area contributed by atoms with Gasteiger partial charge >= 0.3 is 0 Å². The van der Waals surface area contributed by atoms with Crippen molar-refractivity contribution in [3.05, 3.63) is 41.5 Å². The van der Waals surface area contributed by atoms with E-state index < -0.39 is 0 Å². The summed E-state index contributed by atoms with van der Waals surface area (Å²) in [6, 6.07) is 9.56. The van der Waals surface area contributed by atoms with E-state index in [1.807, 2.05) is 49.4 Å². The molecule has 1 saturated heterocycles. The fraction of sp³-hybridized carbons (Fsp3) is 0.423. The van der Waals surface area contributed by atoms with E-state index in [0.29, 0.717) is 35.3 Å². The molecule has 2 aromatic rings. The molecule has 0 aromatic heterocycles. The molecule has 0 spiro atoms. The molecule has 0 aliphatic carbocycles. The van der Waals surface area contributed by atoms with Crippen molar-refractivity contribution in [2.45, 2.75) is 19.8 Å². The first kappa shape index (κ1) is 24.5. The van der Waals surface area contributed by atoms with Gasteiger partial charge in [0.1, 0.15) is 5.75 Å². The first-order valence-electron chi connectivity index (χ1n) is 11.2. The van der Waals surface area contributed by atoms with Crippen molar-refractivity contribution in [1.82, 2.24) is 4.90 Å². The van der Waals surface area contributed by atoms with Gasteiger partial charge in [-0.2, -0.15) is 0 Å². The molecule has 2 aromatic carbocycles. The summed E-state index contributed by atoms with van der Waals surface area (Å²) in [5, 5.41) is 3.10. The molecular formula is C26H34N2O5. The smallest absolute Gasteiger partial charge is 0.227 e. The predicted molar refractivity (Wildman–Crippen MR) is 131 cm³/mol. The molecule has 0 bridgehead atoms.